The van der Waals surface area contributed by atoms with E-state index in [1.54, 1.807) is 13.0 Å². The summed E-state index contributed by atoms with van der Waals surface area (Å²) >= 11 is 4.87. The lowest BCUT2D eigenvalue weighted by Gasteiger charge is -2.00. The number of H-pyrrole nitrogens is 1. The Balaban J connectivity index is 2.06. The predicted molar refractivity (Wildman–Crippen MR) is 83.0 cm³/mol. The van der Waals surface area contributed by atoms with E-state index in [-0.39, 0.29) is 16.6 Å². The third-order valence-electron chi connectivity index (χ3n) is 3.18. The van der Waals surface area contributed by atoms with Gasteiger partial charge in [-0.25, -0.2) is 4.68 Å². The maximum absolute atomic E-state index is 12.3. The van der Waals surface area contributed by atoms with E-state index in [0.717, 1.165) is 5.69 Å². The van der Waals surface area contributed by atoms with Gasteiger partial charge in [0.1, 0.15) is 5.70 Å². The number of benzene rings is 1. The molecule has 0 bridgehead atoms. The molecule has 1 aliphatic heterocycles. The van der Waals surface area contributed by atoms with Gasteiger partial charge in [0, 0.05) is 5.56 Å². The quantitative estimate of drug-likeness (QED) is 0.567. The molecule has 2 aromatic rings. The molecule has 7 heteroatoms. The molecule has 6 nitrogen and oxygen atoms in total. The second-order valence-corrected chi connectivity index (χ2v) is 5.00. The molecule has 1 saturated heterocycles. The van der Waals surface area contributed by atoms with Gasteiger partial charge in [-0.15, -0.1) is 0 Å². The molecule has 1 aliphatic rings. The predicted octanol–water partition coefficient (Wildman–Crippen LogP) is 0.819. The maximum Gasteiger partial charge on any atom is 0.274 e. The SMILES string of the molecule is Cc1c(C=C2NC(=S)NC2=O)[nH]n(-c2ccccc2)c1=O. The van der Waals surface area contributed by atoms with Crippen molar-refractivity contribution in [2.24, 2.45) is 0 Å². The number of rotatable bonds is 2. The van der Waals surface area contributed by atoms with Crippen LogP contribution in [0.25, 0.3) is 11.8 Å². The van der Waals surface area contributed by atoms with Crippen molar-refractivity contribution in [3.8, 4) is 5.69 Å². The number of amides is 1. The fourth-order valence-corrected chi connectivity index (χ4v) is 2.27. The van der Waals surface area contributed by atoms with Crippen molar-refractivity contribution in [1.29, 1.82) is 0 Å². The second kappa shape index (κ2) is 5.02. The largest absolute Gasteiger partial charge is 0.328 e. The molecule has 3 N–H and O–H groups in total. The van der Waals surface area contributed by atoms with E-state index in [4.69, 9.17) is 12.2 Å². The molecule has 1 amide bonds. The van der Waals surface area contributed by atoms with Crippen molar-refractivity contribution in [2.75, 3.05) is 0 Å². The Labute approximate surface area is 125 Å². The number of carbonyl (C=O) groups excluding carboxylic acids is 1. The van der Waals surface area contributed by atoms with Gasteiger partial charge in [0.25, 0.3) is 11.5 Å². The zero-order valence-electron chi connectivity index (χ0n) is 11.1. The topological polar surface area (TPSA) is 78.9 Å². The Morgan fingerprint density at radius 2 is 1.86 bits per heavy atom. The summed E-state index contributed by atoms with van der Waals surface area (Å²) in [6.45, 7) is 1.70. The molecule has 1 fully saturated rings. The lowest BCUT2D eigenvalue weighted by Crippen LogP contribution is -2.21. The van der Waals surface area contributed by atoms with E-state index >= 15 is 0 Å². The normalized spacial score (nSPS) is 16.1. The van der Waals surface area contributed by atoms with Crippen LogP contribution in [0, 0.1) is 6.92 Å². The molecule has 21 heavy (non-hydrogen) atoms. The molecule has 106 valence electrons. The smallest absolute Gasteiger partial charge is 0.274 e. The summed E-state index contributed by atoms with van der Waals surface area (Å²) in [6, 6.07) is 9.22. The van der Waals surface area contributed by atoms with Crippen LogP contribution in [0.1, 0.15) is 11.3 Å². The van der Waals surface area contributed by atoms with Crippen molar-refractivity contribution in [1.82, 2.24) is 20.4 Å². The lowest BCUT2D eigenvalue weighted by atomic mass is 10.2. The average molecular weight is 300 g/mol. The molecule has 0 aliphatic carbocycles. The number of carbonyl (C=O) groups is 1. The van der Waals surface area contributed by atoms with Crippen molar-refractivity contribution in [2.45, 2.75) is 6.92 Å². The summed E-state index contributed by atoms with van der Waals surface area (Å²) in [7, 11) is 0. The molecular formula is C14H12N4O2S. The van der Waals surface area contributed by atoms with Gasteiger partial charge in [0.2, 0.25) is 0 Å². The molecule has 0 atom stereocenters. The highest BCUT2D eigenvalue weighted by Crippen LogP contribution is 2.11. The minimum absolute atomic E-state index is 0.158. The molecule has 0 spiro atoms. The zero-order valence-corrected chi connectivity index (χ0v) is 12.0. The maximum atomic E-state index is 12.3. The number of aromatic nitrogens is 2. The molecule has 1 aromatic heterocycles. The fourth-order valence-electron chi connectivity index (χ4n) is 2.06. The summed E-state index contributed by atoms with van der Waals surface area (Å²) in [5, 5.41) is 8.47. The van der Waals surface area contributed by atoms with Crippen molar-refractivity contribution < 1.29 is 4.79 Å². The van der Waals surface area contributed by atoms with E-state index < -0.39 is 0 Å². The highest BCUT2D eigenvalue weighted by molar-refractivity contribution is 7.80. The van der Waals surface area contributed by atoms with Gasteiger partial charge in [-0.1, -0.05) is 18.2 Å². The number of hydrogen-bond donors (Lipinski definition) is 3. The van der Waals surface area contributed by atoms with Crippen LogP contribution in [0.4, 0.5) is 0 Å². The van der Waals surface area contributed by atoms with Gasteiger partial charge < -0.3 is 5.32 Å². The minimum atomic E-state index is -0.312. The van der Waals surface area contributed by atoms with E-state index in [0.29, 0.717) is 17.0 Å². The number of thiocarbonyl (C=S) groups is 1. The number of para-hydroxylation sites is 1. The summed E-state index contributed by atoms with van der Waals surface area (Å²) in [6.07, 6.45) is 1.57. The number of hydrogen-bond acceptors (Lipinski definition) is 3. The van der Waals surface area contributed by atoms with Gasteiger partial charge in [0.05, 0.1) is 11.4 Å². The first-order chi connectivity index (χ1) is 10.1. The molecule has 2 heterocycles. The molecule has 0 saturated carbocycles. The fraction of sp³-hybridized carbons (Fsp3) is 0.0714. The highest BCUT2D eigenvalue weighted by Gasteiger charge is 2.21. The Kier molecular flexibility index (Phi) is 3.19. The lowest BCUT2D eigenvalue weighted by molar-refractivity contribution is -0.115. The Hall–Kier alpha value is -2.67. The van der Waals surface area contributed by atoms with Crippen LogP contribution < -0.4 is 16.2 Å². The highest BCUT2D eigenvalue weighted by atomic mass is 32.1. The first-order valence-corrected chi connectivity index (χ1v) is 6.68. The van der Waals surface area contributed by atoms with Gasteiger partial charge in [-0.3, -0.25) is 20.0 Å². The molecule has 0 radical (unpaired) electrons. The molecule has 1 aromatic carbocycles. The second-order valence-electron chi connectivity index (χ2n) is 4.59. The van der Waals surface area contributed by atoms with Crippen LogP contribution in [0.3, 0.4) is 0 Å². The van der Waals surface area contributed by atoms with Crippen molar-refractivity contribution in [3.63, 3.8) is 0 Å². The minimum Gasteiger partial charge on any atom is -0.328 e. The summed E-state index contributed by atoms with van der Waals surface area (Å²) < 4.78 is 1.44. The van der Waals surface area contributed by atoms with Crippen LogP contribution in [0.15, 0.2) is 40.8 Å². The van der Waals surface area contributed by atoms with Crippen LogP contribution in [0.2, 0.25) is 0 Å². The van der Waals surface area contributed by atoms with Crippen molar-refractivity contribution in [3.05, 3.63) is 57.6 Å². The molecule has 0 unspecified atom stereocenters. The Bertz CT molecular complexity index is 817. The Morgan fingerprint density at radius 1 is 1.14 bits per heavy atom. The Morgan fingerprint density at radius 3 is 2.48 bits per heavy atom. The van der Waals surface area contributed by atoms with Crippen LogP contribution in [-0.4, -0.2) is 20.8 Å². The molecule has 3 rings (SSSR count). The third-order valence-corrected chi connectivity index (χ3v) is 3.39. The first kappa shape index (κ1) is 13.3. The summed E-state index contributed by atoms with van der Waals surface area (Å²) in [4.78, 5) is 23.9. The van der Waals surface area contributed by atoms with E-state index in [1.165, 1.54) is 4.68 Å². The van der Waals surface area contributed by atoms with Gasteiger partial charge >= 0.3 is 0 Å². The van der Waals surface area contributed by atoms with Crippen molar-refractivity contribution >= 4 is 29.3 Å². The molecular weight excluding hydrogens is 288 g/mol. The van der Waals surface area contributed by atoms with Crippen LogP contribution in [0.5, 0.6) is 0 Å². The summed E-state index contributed by atoms with van der Waals surface area (Å²) in [5.74, 6) is -0.312. The van der Waals surface area contributed by atoms with E-state index in [1.807, 2.05) is 30.3 Å². The van der Waals surface area contributed by atoms with Gasteiger partial charge in [-0.2, -0.15) is 0 Å². The van der Waals surface area contributed by atoms with E-state index in [9.17, 15) is 9.59 Å². The van der Waals surface area contributed by atoms with Crippen LogP contribution >= 0.6 is 12.2 Å². The third kappa shape index (κ3) is 2.38. The number of nitrogens with zero attached hydrogens (tertiary/aromatic N) is 1. The number of aromatic amines is 1. The van der Waals surface area contributed by atoms with Gasteiger partial charge in [0.15, 0.2) is 5.11 Å². The number of nitrogens with one attached hydrogen (secondary N) is 3. The average Bonchev–Trinajstić information content (AvgIpc) is 2.94. The standard InChI is InChI=1S/C14H12N4O2S/c1-8-10(7-11-12(19)16-14(21)15-11)17-18(13(8)20)9-5-3-2-4-6-9/h2-7,17H,1H3,(H2,15,16,19,21). The van der Waals surface area contributed by atoms with Crippen LogP contribution in [-0.2, 0) is 4.79 Å². The van der Waals surface area contributed by atoms with E-state index in [2.05, 4.69) is 15.7 Å². The monoisotopic (exact) mass is 300 g/mol. The van der Waals surface area contributed by atoms with Gasteiger partial charge in [-0.05, 0) is 37.4 Å². The summed E-state index contributed by atoms with van der Waals surface area (Å²) in [5.41, 5.74) is 1.97. The zero-order chi connectivity index (χ0) is 15.0. The first-order valence-electron chi connectivity index (χ1n) is 6.27.